The molecule has 0 bridgehead atoms. The number of hydrogen-bond acceptors (Lipinski definition) is 4. The maximum Gasteiger partial charge on any atom is 0.322 e. The first-order valence-corrected chi connectivity index (χ1v) is 18.6. The second-order valence-corrected chi connectivity index (χ2v) is 12.5. The third-order valence-electron chi connectivity index (χ3n) is 8.00. The number of unbranched alkanes of at least 4 members (excludes halogenated alkanes) is 18. The van der Waals surface area contributed by atoms with Gasteiger partial charge in [-0.2, -0.15) is 0 Å². The first-order chi connectivity index (χ1) is 22.0. The van der Waals surface area contributed by atoms with Crippen LogP contribution in [0, 0.1) is 0 Å². The summed E-state index contributed by atoms with van der Waals surface area (Å²) in [6, 6.07) is 0. The lowest BCUT2D eigenvalue weighted by molar-refractivity contribution is -0.147. The lowest BCUT2D eigenvalue weighted by atomic mass is 10.1. The highest BCUT2D eigenvalue weighted by molar-refractivity contribution is 5.80. The minimum absolute atomic E-state index is 0.0980. The van der Waals surface area contributed by atoms with Gasteiger partial charge < -0.3 is 15.2 Å². The summed E-state index contributed by atoms with van der Waals surface area (Å²) in [6.45, 7) is 4.07. The molecule has 0 saturated heterocycles. The number of aliphatic carboxylic acids is 1. The van der Waals surface area contributed by atoms with Crippen molar-refractivity contribution in [3.8, 4) is 0 Å². The quantitative estimate of drug-likeness (QED) is 0.0427. The maximum atomic E-state index is 12.5. The normalized spacial score (nSPS) is 12.4. The first-order valence-electron chi connectivity index (χ1n) is 18.6. The molecule has 0 aliphatic heterocycles. The van der Waals surface area contributed by atoms with Gasteiger partial charge in [0.05, 0.1) is 0 Å². The molecule has 45 heavy (non-hydrogen) atoms. The largest absolute Gasteiger partial charge is 0.480 e. The summed E-state index contributed by atoms with van der Waals surface area (Å²) < 4.78 is 5.79. The van der Waals surface area contributed by atoms with Crippen molar-refractivity contribution in [1.82, 2.24) is 5.32 Å². The number of allylic oxidation sites excluding steroid dienone is 5. The highest BCUT2D eigenvalue weighted by Gasteiger charge is 2.11. The molecule has 0 radical (unpaired) electrons. The van der Waals surface area contributed by atoms with Gasteiger partial charge in [-0.1, -0.05) is 134 Å². The Kier molecular flexibility index (Phi) is 32.7. The van der Waals surface area contributed by atoms with Crippen molar-refractivity contribution in [3.05, 3.63) is 36.5 Å². The molecule has 0 aliphatic carbocycles. The van der Waals surface area contributed by atoms with E-state index in [1.54, 1.807) is 0 Å². The molecule has 6 heteroatoms. The van der Waals surface area contributed by atoms with E-state index in [0.717, 1.165) is 64.2 Å². The Morgan fingerprint density at radius 3 is 1.71 bits per heavy atom. The van der Waals surface area contributed by atoms with Crippen molar-refractivity contribution in [2.45, 2.75) is 187 Å². The fraction of sp³-hybridized carbons (Fsp3) is 0.769. The zero-order chi connectivity index (χ0) is 33.1. The molecule has 0 aromatic rings. The number of carboxylic acid groups (broad SMARTS) is 1. The second-order valence-electron chi connectivity index (χ2n) is 12.5. The predicted molar refractivity (Wildman–Crippen MR) is 189 cm³/mol. The van der Waals surface area contributed by atoms with Gasteiger partial charge in [0.15, 0.2) is 0 Å². The molecule has 0 saturated carbocycles. The lowest BCUT2D eigenvalue weighted by Crippen LogP contribution is -2.28. The first kappa shape index (κ1) is 42.6. The fourth-order valence-electron chi connectivity index (χ4n) is 5.23. The number of carbonyl (C=O) groups is 3. The maximum absolute atomic E-state index is 12.5. The highest BCUT2D eigenvalue weighted by atomic mass is 16.5. The molecule has 260 valence electrons. The van der Waals surface area contributed by atoms with Crippen LogP contribution < -0.4 is 5.32 Å². The molecule has 0 aromatic heterocycles. The minimum atomic E-state index is -1.03. The monoisotopic (exact) mass is 632 g/mol. The molecule has 6 nitrogen and oxygen atoms in total. The van der Waals surface area contributed by atoms with Gasteiger partial charge in [0, 0.05) is 12.8 Å². The van der Waals surface area contributed by atoms with Crippen molar-refractivity contribution in [1.29, 1.82) is 0 Å². The van der Waals surface area contributed by atoms with Crippen LogP contribution in [0.1, 0.15) is 181 Å². The number of nitrogens with one attached hydrogen (secondary N) is 1. The molecule has 1 unspecified atom stereocenters. The van der Waals surface area contributed by atoms with Crippen LogP contribution in [-0.4, -0.2) is 35.6 Å². The molecule has 0 rings (SSSR count). The van der Waals surface area contributed by atoms with E-state index in [9.17, 15) is 14.4 Å². The summed E-state index contributed by atoms with van der Waals surface area (Å²) in [7, 11) is 0. The SMILES string of the molecule is CCC/C=C\C(CCCCCCC(=O)NCC(=O)O)OC(=O)CCCCCCCCCCC/C=C\C/C=C\CCCCCCC. The molecule has 0 aliphatic rings. The van der Waals surface area contributed by atoms with E-state index in [1.807, 2.05) is 6.08 Å². The van der Waals surface area contributed by atoms with Gasteiger partial charge in [0.1, 0.15) is 12.6 Å². The average molecular weight is 632 g/mol. The van der Waals surface area contributed by atoms with Crippen molar-refractivity contribution >= 4 is 17.8 Å². The van der Waals surface area contributed by atoms with Crippen molar-refractivity contribution in [2.75, 3.05) is 6.54 Å². The number of amides is 1. The number of esters is 1. The van der Waals surface area contributed by atoms with E-state index in [4.69, 9.17) is 9.84 Å². The zero-order valence-electron chi connectivity index (χ0n) is 29.2. The highest BCUT2D eigenvalue weighted by Crippen LogP contribution is 2.15. The van der Waals surface area contributed by atoms with Gasteiger partial charge >= 0.3 is 11.9 Å². The number of carboxylic acids is 1. The van der Waals surface area contributed by atoms with Crippen LogP contribution in [0.2, 0.25) is 0 Å². The van der Waals surface area contributed by atoms with Crippen LogP contribution in [0.25, 0.3) is 0 Å². The van der Waals surface area contributed by atoms with Gasteiger partial charge in [-0.05, 0) is 70.3 Å². The lowest BCUT2D eigenvalue weighted by Gasteiger charge is -2.15. The van der Waals surface area contributed by atoms with Crippen LogP contribution in [0.5, 0.6) is 0 Å². The number of hydrogen-bond donors (Lipinski definition) is 2. The summed E-state index contributed by atoms with van der Waals surface area (Å²) in [6.07, 6.45) is 41.8. The molecule has 0 fully saturated rings. The van der Waals surface area contributed by atoms with Crippen LogP contribution in [0.15, 0.2) is 36.5 Å². The smallest absolute Gasteiger partial charge is 0.322 e. The van der Waals surface area contributed by atoms with E-state index in [-0.39, 0.29) is 24.5 Å². The zero-order valence-corrected chi connectivity index (χ0v) is 29.2. The van der Waals surface area contributed by atoms with Gasteiger partial charge in [-0.15, -0.1) is 0 Å². The predicted octanol–water partition coefficient (Wildman–Crippen LogP) is 10.9. The van der Waals surface area contributed by atoms with Gasteiger partial charge in [0.25, 0.3) is 0 Å². The van der Waals surface area contributed by atoms with Crippen molar-refractivity contribution < 1.29 is 24.2 Å². The van der Waals surface area contributed by atoms with Crippen LogP contribution in [0.4, 0.5) is 0 Å². The van der Waals surface area contributed by atoms with E-state index >= 15 is 0 Å². The summed E-state index contributed by atoms with van der Waals surface area (Å²) in [5, 5.41) is 11.0. The van der Waals surface area contributed by atoms with E-state index in [1.165, 1.54) is 89.9 Å². The van der Waals surface area contributed by atoms with Crippen molar-refractivity contribution in [2.24, 2.45) is 0 Å². The number of ether oxygens (including phenoxy) is 1. The van der Waals surface area contributed by atoms with Crippen LogP contribution in [0.3, 0.4) is 0 Å². The Balaban J connectivity index is 3.76. The Morgan fingerprint density at radius 1 is 0.600 bits per heavy atom. The van der Waals surface area contributed by atoms with Gasteiger partial charge in [-0.3, -0.25) is 14.4 Å². The van der Waals surface area contributed by atoms with E-state index < -0.39 is 5.97 Å². The standard InChI is InChI=1S/C39H69NO5/c1-3-5-7-8-9-10-11-12-13-14-15-16-17-18-19-20-21-22-23-24-30-34-39(44)45-36(31-27-6-4-2)32-28-25-26-29-33-37(41)40-35-38(42)43/h11-12,14-15,27,31,36H,3-10,13,16-26,28-30,32-35H2,1-2H3,(H,40,41)(H,42,43)/b12-11-,15-14-,31-27-. The molecular formula is C39H69NO5. The summed E-state index contributed by atoms with van der Waals surface area (Å²) >= 11 is 0. The summed E-state index contributed by atoms with van der Waals surface area (Å²) in [5.74, 6) is -1.35. The molecule has 1 amide bonds. The van der Waals surface area contributed by atoms with Gasteiger partial charge in [0.2, 0.25) is 5.91 Å². The molecule has 0 heterocycles. The second kappa shape index (κ2) is 34.5. The van der Waals surface area contributed by atoms with Crippen LogP contribution in [-0.2, 0) is 19.1 Å². The van der Waals surface area contributed by atoms with E-state index in [2.05, 4.69) is 49.5 Å². The van der Waals surface area contributed by atoms with Gasteiger partial charge in [-0.25, -0.2) is 0 Å². The Labute approximate surface area is 276 Å². The fourth-order valence-corrected chi connectivity index (χ4v) is 5.23. The van der Waals surface area contributed by atoms with Crippen molar-refractivity contribution in [3.63, 3.8) is 0 Å². The summed E-state index contributed by atoms with van der Waals surface area (Å²) in [5.41, 5.74) is 0. The third kappa shape index (κ3) is 34.3. The molecule has 0 aromatic carbocycles. The van der Waals surface area contributed by atoms with Crippen LogP contribution >= 0.6 is 0 Å². The number of carbonyl (C=O) groups excluding carboxylic acids is 2. The Hall–Kier alpha value is -2.37. The molecule has 1 atom stereocenters. The third-order valence-corrected chi connectivity index (χ3v) is 8.00. The summed E-state index contributed by atoms with van der Waals surface area (Å²) in [4.78, 5) is 34.6. The number of rotatable bonds is 33. The Morgan fingerprint density at radius 2 is 1.13 bits per heavy atom. The molecule has 2 N–H and O–H groups in total. The molecular weight excluding hydrogens is 562 g/mol. The average Bonchev–Trinajstić information content (AvgIpc) is 3.02. The minimum Gasteiger partial charge on any atom is -0.480 e. The topological polar surface area (TPSA) is 92.7 Å². The van der Waals surface area contributed by atoms with E-state index in [0.29, 0.717) is 12.8 Å². The Bertz CT molecular complexity index is 788. The molecule has 0 spiro atoms.